The second kappa shape index (κ2) is 7.87. The summed E-state index contributed by atoms with van der Waals surface area (Å²) in [5, 5.41) is 7.79. The van der Waals surface area contributed by atoms with E-state index in [0.717, 1.165) is 17.7 Å². The van der Waals surface area contributed by atoms with Gasteiger partial charge in [-0.25, -0.2) is 0 Å². The van der Waals surface area contributed by atoms with Gasteiger partial charge in [-0.3, -0.25) is 4.68 Å². The third-order valence-electron chi connectivity index (χ3n) is 4.70. The first-order valence-corrected chi connectivity index (χ1v) is 8.77. The number of hydrogen-bond acceptors (Lipinski definition) is 5. The van der Waals surface area contributed by atoms with Crippen LogP contribution in [-0.4, -0.2) is 37.4 Å². The molecule has 1 saturated heterocycles. The lowest BCUT2D eigenvalue weighted by atomic mass is 9.92. The van der Waals surface area contributed by atoms with E-state index >= 15 is 0 Å². The Morgan fingerprint density at radius 1 is 1.54 bits per heavy atom. The van der Waals surface area contributed by atoms with Gasteiger partial charge < -0.3 is 9.47 Å². The Morgan fingerprint density at radius 2 is 2.35 bits per heavy atom. The van der Waals surface area contributed by atoms with Crippen LogP contribution in [0, 0.1) is 10.8 Å². The highest BCUT2D eigenvalue weighted by atomic mass is 16.5. The van der Waals surface area contributed by atoms with Gasteiger partial charge in [0.05, 0.1) is 36.7 Å². The lowest BCUT2D eigenvalue weighted by Crippen LogP contribution is -2.29. The first kappa shape index (κ1) is 18.4. The predicted octanol–water partition coefficient (Wildman–Crippen LogP) is 3.35. The Bertz CT molecular complexity index is 818. The van der Waals surface area contributed by atoms with Crippen molar-refractivity contribution >= 4 is 24.8 Å². The van der Waals surface area contributed by atoms with Gasteiger partial charge in [-0.2, -0.15) is 5.10 Å². The van der Waals surface area contributed by atoms with E-state index in [1.807, 2.05) is 11.6 Å². The lowest BCUT2D eigenvalue weighted by molar-refractivity contribution is 0.0255. The molecule has 1 aliphatic rings. The molecule has 0 spiro atoms. The molecule has 1 aliphatic heterocycles. The van der Waals surface area contributed by atoms with Gasteiger partial charge in [0, 0.05) is 18.1 Å². The quantitative estimate of drug-likeness (QED) is 0.455. The van der Waals surface area contributed by atoms with Crippen molar-refractivity contribution in [3.63, 3.8) is 0 Å². The van der Waals surface area contributed by atoms with Gasteiger partial charge in [-0.15, -0.1) is 4.91 Å². The van der Waals surface area contributed by atoms with E-state index in [1.54, 1.807) is 24.4 Å². The highest BCUT2D eigenvalue weighted by Gasteiger charge is 2.29. The summed E-state index contributed by atoms with van der Waals surface area (Å²) in [7, 11) is 5.82. The van der Waals surface area contributed by atoms with Crippen LogP contribution in [0.3, 0.4) is 0 Å². The van der Waals surface area contributed by atoms with Gasteiger partial charge in [-0.05, 0) is 24.6 Å². The normalized spacial score (nSPS) is 19.9. The predicted molar refractivity (Wildman–Crippen MR) is 103 cm³/mol. The Balaban J connectivity index is 2.18. The van der Waals surface area contributed by atoms with Crippen LogP contribution in [0.5, 0.6) is 0 Å². The third kappa shape index (κ3) is 3.44. The number of nitroso groups, excluding NO2 is 1. The molecule has 0 bridgehead atoms. The van der Waals surface area contributed by atoms with Crippen LogP contribution >= 0.6 is 0 Å². The second-order valence-corrected chi connectivity index (χ2v) is 6.48. The molecule has 0 N–H and O–H groups in total. The number of rotatable bonds is 6. The molecule has 2 heterocycles. The van der Waals surface area contributed by atoms with Gasteiger partial charge in [-0.1, -0.05) is 31.1 Å². The molecule has 7 heteroatoms. The Hall–Kier alpha value is -2.41. The minimum atomic E-state index is 0.152. The molecular weight excluding hydrogens is 329 g/mol. The molecule has 1 fully saturated rings. The van der Waals surface area contributed by atoms with Crippen LogP contribution in [0.15, 0.2) is 36.2 Å². The van der Waals surface area contributed by atoms with E-state index in [9.17, 15) is 4.91 Å². The molecule has 6 nitrogen and oxygen atoms in total. The summed E-state index contributed by atoms with van der Waals surface area (Å²) in [6.45, 7) is 9.90. The maximum absolute atomic E-state index is 11.4. The molecule has 1 aromatic carbocycles. The molecule has 2 radical (unpaired) electrons. The second-order valence-electron chi connectivity index (χ2n) is 6.48. The summed E-state index contributed by atoms with van der Waals surface area (Å²) < 4.78 is 13.1. The average molecular weight is 351 g/mol. The van der Waals surface area contributed by atoms with Crippen LogP contribution < -0.4 is 5.46 Å². The fraction of sp³-hybridized carbons (Fsp3) is 0.421. The van der Waals surface area contributed by atoms with E-state index in [1.165, 1.54) is 0 Å². The fourth-order valence-electron chi connectivity index (χ4n) is 3.39. The van der Waals surface area contributed by atoms with Gasteiger partial charge in [0.25, 0.3) is 0 Å². The molecule has 134 valence electrons. The molecule has 0 aliphatic carbocycles. The van der Waals surface area contributed by atoms with E-state index in [2.05, 4.69) is 23.8 Å². The molecule has 2 aromatic rings. The van der Waals surface area contributed by atoms with Crippen LogP contribution in [0.2, 0.25) is 0 Å². The van der Waals surface area contributed by atoms with Crippen molar-refractivity contribution in [2.75, 3.05) is 19.8 Å². The van der Waals surface area contributed by atoms with Gasteiger partial charge >= 0.3 is 0 Å². The van der Waals surface area contributed by atoms with E-state index in [-0.39, 0.29) is 17.6 Å². The number of nitrogens with zero attached hydrogens (tertiary/aromatic N) is 3. The van der Waals surface area contributed by atoms with Crippen molar-refractivity contribution in [2.45, 2.75) is 26.3 Å². The lowest BCUT2D eigenvalue weighted by Gasteiger charge is -2.30. The smallest absolute Gasteiger partial charge is 0.123 e. The van der Waals surface area contributed by atoms with E-state index in [4.69, 9.17) is 17.3 Å². The maximum Gasteiger partial charge on any atom is 0.123 e. The topological polar surface area (TPSA) is 65.7 Å². The van der Waals surface area contributed by atoms with Gasteiger partial charge in [0.15, 0.2) is 0 Å². The summed E-state index contributed by atoms with van der Waals surface area (Å²) >= 11 is 0. The molecular formula is C19H22BN3O3. The molecule has 1 aromatic heterocycles. The summed E-state index contributed by atoms with van der Waals surface area (Å²) in [6, 6.07) is 5.27. The first-order chi connectivity index (χ1) is 12.6. The van der Waals surface area contributed by atoms with Crippen LogP contribution in [-0.2, 0) is 9.47 Å². The van der Waals surface area contributed by atoms with Crippen molar-refractivity contribution < 1.29 is 9.47 Å². The SMILES string of the molecule is [B]c1ccc(-c2c(C(=C)OCC)cnn2C2CCOCC2C)c(N=O)c1. The summed E-state index contributed by atoms with van der Waals surface area (Å²) in [4.78, 5) is 11.4. The Morgan fingerprint density at radius 3 is 3.04 bits per heavy atom. The summed E-state index contributed by atoms with van der Waals surface area (Å²) in [6.07, 6.45) is 2.58. The Kier molecular flexibility index (Phi) is 5.56. The minimum Gasteiger partial charge on any atom is -0.494 e. The zero-order valence-electron chi connectivity index (χ0n) is 15.1. The zero-order valence-corrected chi connectivity index (χ0v) is 15.1. The monoisotopic (exact) mass is 351 g/mol. The minimum absolute atomic E-state index is 0.152. The van der Waals surface area contributed by atoms with Gasteiger partial charge in [0.2, 0.25) is 0 Å². The standard InChI is InChI=1S/C19H22BN3O3/c1-4-26-13(3)16-10-21-23(18-7-8-25-11-12(18)2)19(16)15-6-5-14(20)9-17(15)22-24/h5-6,9-10,12,18H,3-4,7-8,11H2,1-2H3. The molecule has 26 heavy (non-hydrogen) atoms. The van der Waals surface area contributed by atoms with E-state index < -0.39 is 0 Å². The summed E-state index contributed by atoms with van der Waals surface area (Å²) in [5.74, 6) is 0.805. The van der Waals surface area contributed by atoms with Crippen LogP contribution in [0.1, 0.15) is 31.9 Å². The molecule has 0 saturated carbocycles. The highest BCUT2D eigenvalue weighted by Crippen LogP contribution is 2.39. The largest absolute Gasteiger partial charge is 0.494 e. The van der Waals surface area contributed by atoms with Crippen molar-refractivity contribution in [1.29, 1.82) is 0 Å². The van der Waals surface area contributed by atoms with Crippen LogP contribution in [0.25, 0.3) is 17.0 Å². The average Bonchev–Trinajstić information content (AvgIpc) is 3.07. The molecule has 3 rings (SSSR count). The summed E-state index contributed by atoms with van der Waals surface area (Å²) in [5.41, 5.74) is 2.95. The molecule has 0 amide bonds. The third-order valence-corrected chi connectivity index (χ3v) is 4.70. The molecule has 2 atom stereocenters. The fourth-order valence-corrected chi connectivity index (χ4v) is 3.39. The number of ether oxygens (including phenoxy) is 2. The van der Waals surface area contributed by atoms with Gasteiger partial charge in [0.1, 0.15) is 19.3 Å². The van der Waals surface area contributed by atoms with Crippen LogP contribution in [0.4, 0.5) is 5.69 Å². The van der Waals surface area contributed by atoms with Crippen molar-refractivity contribution in [2.24, 2.45) is 11.1 Å². The van der Waals surface area contributed by atoms with Crippen molar-refractivity contribution in [3.8, 4) is 11.3 Å². The van der Waals surface area contributed by atoms with E-state index in [0.29, 0.717) is 36.6 Å². The number of aromatic nitrogens is 2. The first-order valence-electron chi connectivity index (χ1n) is 8.77. The van der Waals surface area contributed by atoms with Crippen molar-refractivity contribution in [3.05, 3.63) is 41.4 Å². The number of benzene rings is 1. The highest BCUT2D eigenvalue weighted by molar-refractivity contribution is 6.32. The Labute approximate surface area is 154 Å². The van der Waals surface area contributed by atoms with Crippen molar-refractivity contribution in [1.82, 2.24) is 9.78 Å². The zero-order chi connectivity index (χ0) is 18.7. The molecule has 2 unspecified atom stereocenters. The maximum atomic E-state index is 11.4. The number of hydrogen-bond donors (Lipinski definition) is 0.